The molecule has 0 fully saturated rings. The van der Waals surface area contributed by atoms with Crippen LogP contribution in [0, 0.1) is 13.8 Å². The molecule has 17 heavy (non-hydrogen) atoms. The lowest BCUT2D eigenvalue weighted by molar-refractivity contribution is -0.137. The van der Waals surface area contributed by atoms with E-state index in [-0.39, 0.29) is 22.9 Å². The third kappa shape index (κ3) is 2.58. The largest absolute Gasteiger partial charge is 0.506 e. The Morgan fingerprint density at radius 1 is 1.41 bits per heavy atom. The highest BCUT2D eigenvalue weighted by atomic mass is 35.5. The number of halogens is 1. The van der Waals surface area contributed by atoms with Crippen LogP contribution in [-0.4, -0.2) is 23.5 Å². The fourth-order valence-electron chi connectivity index (χ4n) is 1.59. The van der Waals surface area contributed by atoms with Crippen LogP contribution in [0.15, 0.2) is 6.07 Å². The number of carbonyl (C=O) groups is 2. The van der Waals surface area contributed by atoms with E-state index in [0.717, 1.165) is 0 Å². The number of hydrogen-bond donors (Lipinski definition) is 1. The van der Waals surface area contributed by atoms with Gasteiger partial charge < -0.3 is 9.84 Å². The Kier molecular flexibility index (Phi) is 4.12. The standard InChI is InChI=1S/C12H13ClO4/c1-4-17-12(16)11(15)9-6(2)5-8(14)10(13)7(9)3/h5,14H,4H2,1-3H3. The Morgan fingerprint density at radius 2 is 2.00 bits per heavy atom. The fraction of sp³-hybridized carbons (Fsp3) is 0.333. The zero-order valence-corrected chi connectivity index (χ0v) is 10.6. The molecule has 5 heteroatoms. The molecular formula is C12H13ClO4. The van der Waals surface area contributed by atoms with E-state index in [1.54, 1.807) is 20.8 Å². The van der Waals surface area contributed by atoms with Crippen LogP contribution in [0.3, 0.4) is 0 Å². The molecule has 1 aromatic rings. The number of aromatic hydroxyl groups is 1. The van der Waals surface area contributed by atoms with Gasteiger partial charge in [-0.1, -0.05) is 11.6 Å². The molecule has 4 nitrogen and oxygen atoms in total. The summed E-state index contributed by atoms with van der Waals surface area (Å²) >= 11 is 5.83. The Bertz CT molecular complexity index is 480. The SMILES string of the molecule is CCOC(=O)C(=O)c1c(C)cc(O)c(Cl)c1C. The van der Waals surface area contributed by atoms with E-state index in [2.05, 4.69) is 4.74 Å². The van der Waals surface area contributed by atoms with E-state index >= 15 is 0 Å². The molecule has 0 spiro atoms. The highest BCUT2D eigenvalue weighted by Gasteiger charge is 2.24. The zero-order chi connectivity index (χ0) is 13.2. The van der Waals surface area contributed by atoms with Gasteiger partial charge in [-0.2, -0.15) is 0 Å². The van der Waals surface area contributed by atoms with Crippen LogP contribution in [0.1, 0.15) is 28.4 Å². The summed E-state index contributed by atoms with van der Waals surface area (Å²) in [5, 5.41) is 9.54. The molecular weight excluding hydrogens is 244 g/mol. The number of phenolic OH excluding ortho intramolecular Hbond substituents is 1. The van der Waals surface area contributed by atoms with E-state index in [4.69, 9.17) is 11.6 Å². The van der Waals surface area contributed by atoms with Crippen LogP contribution in [0.25, 0.3) is 0 Å². The molecule has 0 aliphatic rings. The Hall–Kier alpha value is -1.55. The van der Waals surface area contributed by atoms with Crippen molar-refractivity contribution in [2.45, 2.75) is 20.8 Å². The molecule has 0 bridgehead atoms. The van der Waals surface area contributed by atoms with Crippen molar-refractivity contribution in [3.05, 3.63) is 27.8 Å². The third-order valence-corrected chi connectivity index (χ3v) is 2.84. The molecule has 0 saturated heterocycles. The molecule has 0 atom stereocenters. The normalized spacial score (nSPS) is 10.1. The van der Waals surface area contributed by atoms with Gasteiger partial charge in [0.1, 0.15) is 5.75 Å². The van der Waals surface area contributed by atoms with Gasteiger partial charge in [-0.25, -0.2) is 4.79 Å². The minimum Gasteiger partial charge on any atom is -0.506 e. The molecule has 92 valence electrons. The first-order valence-corrected chi connectivity index (χ1v) is 5.48. The molecule has 0 unspecified atom stereocenters. The van der Waals surface area contributed by atoms with E-state index in [1.807, 2.05) is 0 Å². The number of benzene rings is 1. The molecule has 0 radical (unpaired) electrons. The van der Waals surface area contributed by atoms with Crippen molar-refractivity contribution in [1.82, 2.24) is 0 Å². The van der Waals surface area contributed by atoms with Gasteiger partial charge in [0, 0.05) is 5.56 Å². The van der Waals surface area contributed by atoms with Crippen LogP contribution in [0.4, 0.5) is 0 Å². The van der Waals surface area contributed by atoms with Crippen LogP contribution < -0.4 is 0 Å². The van der Waals surface area contributed by atoms with Gasteiger partial charge in [-0.15, -0.1) is 0 Å². The van der Waals surface area contributed by atoms with Gasteiger partial charge in [0.15, 0.2) is 0 Å². The topological polar surface area (TPSA) is 63.6 Å². The Balaban J connectivity index is 3.28. The average Bonchev–Trinajstić information content (AvgIpc) is 2.26. The first-order valence-electron chi connectivity index (χ1n) is 5.10. The summed E-state index contributed by atoms with van der Waals surface area (Å²) in [7, 11) is 0. The number of rotatable bonds is 3. The maximum atomic E-state index is 11.8. The van der Waals surface area contributed by atoms with Crippen molar-refractivity contribution in [1.29, 1.82) is 0 Å². The zero-order valence-electron chi connectivity index (χ0n) is 9.83. The number of Topliss-reactive ketones (excluding diaryl/α,β-unsaturated/α-hetero) is 1. The van der Waals surface area contributed by atoms with Crippen LogP contribution in [-0.2, 0) is 9.53 Å². The van der Waals surface area contributed by atoms with Gasteiger partial charge in [0.05, 0.1) is 11.6 Å². The van der Waals surface area contributed by atoms with Gasteiger partial charge in [0.2, 0.25) is 0 Å². The van der Waals surface area contributed by atoms with Gasteiger partial charge in [0.25, 0.3) is 5.78 Å². The van der Waals surface area contributed by atoms with Gasteiger partial charge in [-0.05, 0) is 38.0 Å². The van der Waals surface area contributed by atoms with Crippen LogP contribution in [0.5, 0.6) is 5.75 Å². The van der Waals surface area contributed by atoms with Gasteiger partial charge in [-0.3, -0.25) is 4.79 Å². The first-order chi connectivity index (χ1) is 7.90. The molecule has 0 aliphatic heterocycles. The van der Waals surface area contributed by atoms with Crippen LogP contribution >= 0.6 is 11.6 Å². The second kappa shape index (κ2) is 5.19. The summed E-state index contributed by atoms with van der Waals surface area (Å²) in [5.74, 6) is -1.77. The van der Waals surface area contributed by atoms with Gasteiger partial charge >= 0.3 is 5.97 Å². The number of phenols is 1. The summed E-state index contributed by atoms with van der Waals surface area (Å²) in [6.45, 7) is 4.94. The second-order valence-electron chi connectivity index (χ2n) is 3.58. The van der Waals surface area contributed by atoms with E-state index in [9.17, 15) is 14.7 Å². The highest BCUT2D eigenvalue weighted by Crippen LogP contribution is 2.32. The van der Waals surface area contributed by atoms with E-state index in [1.165, 1.54) is 6.07 Å². The first kappa shape index (κ1) is 13.5. The van der Waals surface area contributed by atoms with Crippen molar-refractivity contribution in [2.24, 2.45) is 0 Å². The molecule has 1 rings (SSSR count). The molecule has 0 heterocycles. The summed E-state index contributed by atoms with van der Waals surface area (Å²) in [4.78, 5) is 23.2. The average molecular weight is 257 g/mol. The quantitative estimate of drug-likeness (QED) is 0.512. The van der Waals surface area contributed by atoms with Crippen molar-refractivity contribution >= 4 is 23.4 Å². The van der Waals surface area contributed by atoms with Crippen molar-refractivity contribution < 1.29 is 19.4 Å². The lowest BCUT2D eigenvalue weighted by Gasteiger charge is -2.11. The van der Waals surface area contributed by atoms with E-state index < -0.39 is 11.8 Å². The molecule has 1 N–H and O–H groups in total. The smallest absolute Gasteiger partial charge is 0.379 e. The van der Waals surface area contributed by atoms with E-state index in [0.29, 0.717) is 11.1 Å². The maximum Gasteiger partial charge on any atom is 0.379 e. The number of aryl methyl sites for hydroxylation is 1. The number of esters is 1. The molecule has 0 aliphatic carbocycles. The maximum absolute atomic E-state index is 11.8. The van der Waals surface area contributed by atoms with Crippen molar-refractivity contribution in [3.8, 4) is 5.75 Å². The van der Waals surface area contributed by atoms with Crippen molar-refractivity contribution in [2.75, 3.05) is 6.61 Å². The predicted octanol–water partition coefficient (Wildman–Crippen LogP) is 2.41. The lowest BCUT2D eigenvalue weighted by Crippen LogP contribution is -2.19. The minimum absolute atomic E-state index is 0.0725. The summed E-state index contributed by atoms with van der Waals surface area (Å²) in [6, 6.07) is 1.35. The monoisotopic (exact) mass is 256 g/mol. The summed E-state index contributed by atoms with van der Waals surface area (Å²) in [6.07, 6.45) is 0. The summed E-state index contributed by atoms with van der Waals surface area (Å²) < 4.78 is 4.64. The molecule has 0 saturated carbocycles. The third-order valence-electron chi connectivity index (χ3n) is 2.36. The minimum atomic E-state index is -0.916. The number of ketones is 1. The number of hydrogen-bond acceptors (Lipinski definition) is 4. The van der Waals surface area contributed by atoms with Crippen molar-refractivity contribution in [3.63, 3.8) is 0 Å². The molecule has 0 aromatic heterocycles. The number of carbonyl (C=O) groups excluding carboxylic acids is 2. The second-order valence-corrected chi connectivity index (χ2v) is 3.95. The van der Waals surface area contributed by atoms with Crippen LogP contribution in [0.2, 0.25) is 5.02 Å². The predicted molar refractivity (Wildman–Crippen MR) is 63.6 cm³/mol. The Morgan fingerprint density at radius 3 is 2.53 bits per heavy atom. The highest BCUT2D eigenvalue weighted by molar-refractivity contribution is 6.42. The number of ether oxygens (including phenoxy) is 1. The molecule has 1 aromatic carbocycles. The Labute approximate surface area is 104 Å². The summed E-state index contributed by atoms with van der Waals surface area (Å²) in [5.41, 5.74) is 1.05. The lowest BCUT2D eigenvalue weighted by atomic mass is 9.98. The molecule has 0 amide bonds. The fourth-order valence-corrected chi connectivity index (χ4v) is 1.74.